The summed E-state index contributed by atoms with van der Waals surface area (Å²) in [5.74, 6) is 0.858. The predicted molar refractivity (Wildman–Crippen MR) is 74.0 cm³/mol. The zero-order valence-electron chi connectivity index (χ0n) is 10.8. The molecule has 1 heterocycles. The molecule has 0 radical (unpaired) electrons. The van der Waals surface area contributed by atoms with Crippen molar-refractivity contribution < 1.29 is 9.53 Å². The number of rotatable bonds is 2. The molecule has 1 atom stereocenters. The van der Waals surface area contributed by atoms with Crippen molar-refractivity contribution in [1.82, 2.24) is 10.6 Å². The Morgan fingerprint density at radius 1 is 1.21 bits per heavy atom. The summed E-state index contributed by atoms with van der Waals surface area (Å²) in [5.41, 5.74) is 0.994. The maximum atomic E-state index is 11.6. The van der Waals surface area contributed by atoms with Crippen LogP contribution in [-0.4, -0.2) is 19.6 Å². The fraction of sp³-hybridized carbons (Fsp3) is 0.267. The molecule has 1 aliphatic heterocycles. The third-order valence-electron chi connectivity index (χ3n) is 3.45. The second kappa shape index (κ2) is 4.90. The van der Waals surface area contributed by atoms with Crippen LogP contribution in [0.15, 0.2) is 36.4 Å². The first kappa shape index (κ1) is 12.0. The van der Waals surface area contributed by atoms with Gasteiger partial charge in [0.25, 0.3) is 0 Å². The molecule has 4 nitrogen and oxygen atoms in total. The Bertz CT molecular complexity index is 625. The zero-order chi connectivity index (χ0) is 13.2. The van der Waals surface area contributed by atoms with E-state index in [1.54, 1.807) is 7.11 Å². The van der Waals surface area contributed by atoms with E-state index in [-0.39, 0.29) is 12.1 Å². The number of nitrogens with one attached hydrogen (secondary N) is 2. The van der Waals surface area contributed by atoms with Crippen LogP contribution < -0.4 is 15.4 Å². The van der Waals surface area contributed by atoms with Gasteiger partial charge in [-0.3, -0.25) is 10.1 Å². The second-order valence-electron chi connectivity index (χ2n) is 4.61. The SMILES string of the molecule is COc1ccc2ccccc2c1[C@@H]1NCCC(=O)N1. The van der Waals surface area contributed by atoms with Crippen LogP contribution in [0.3, 0.4) is 0 Å². The normalized spacial score (nSPS) is 19.2. The fourth-order valence-corrected chi connectivity index (χ4v) is 2.54. The monoisotopic (exact) mass is 256 g/mol. The third-order valence-corrected chi connectivity index (χ3v) is 3.45. The highest BCUT2D eigenvalue weighted by Gasteiger charge is 2.23. The smallest absolute Gasteiger partial charge is 0.222 e. The van der Waals surface area contributed by atoms with Crippen molar-refractivity contribution in [3.05, 3.63) is 42.0 Å². The van der Waals surface area contributed by atoms with E-state index in [0.29, 0.717) is 13.0 Å². The lowest BCUT2D eigenvalue weighted by molar-refractivity contribution is -0.123. The quantitative estimate of drug-likeness (QED) is 0.863. The maximum Gasteiger partial charge on any atom is 0.222 e. The number of carbonyl (C=O) groups excluding carboxylic acids is 1. The van der Waals surface area contributed by atoms with E-state index in [0.717, 1.165) is 22.1 Å². The molecule has 2 aromatic rings. The topological polar surface area (TPSA) is 50.4 Å². The summed E-state index contributed by atoms with van der Waals surface area (Å²) in [7, 11) is 1.65. The first-order chi connectivity index (χ1) is 9.29. The molecule has 0 saturated carbocycles. The predicted octanol–water partition coefficient (Wildman–Crippen LogP) is 1.96. The molecule has 0 unspecified atom stereocenters. The van der Waals surface area contributed by atoms with Crippen LogP contribution in [-0.2, 0) is 4.79 Å². The lowest BCUT2D eigenvalue weighted by Crippen LogP contribution is -2.45. The van der Waals surface area contributed by atoms with E-state index in [1.807, 2.05) is 24.3 Å². The third kappa shape index (κ3) is 2.15. The summed E-state index contributed by atoms with van der Waals surface area (Å²) in [6, 6.07) is 12.1. The van der Waals surface area contributed by atoms with E-state index in [4.69, 9.17) is 4.74 Å². The number of carbonyl (C=O) groups is 1. The molecule has 19 heavy (non-hydrogen) atoms. The van der Waals surface area contributed by atoms with E-state index in [2.05, 4.69) is 22.8 Å². The van der Waals surface area contributed by atoms with Gasteiger partial charge in [-0.15, -0.1) is 0 Å². The number of amides is 1. The highest BCUT2D eigenvalue weighted by Crippen LogP contribution is 2.32. The number of hydrogen-bond acceptors (Lipinski definition) is 3. The van der Waals surface area contributed by atoms with Gasteiger partial charge in [0.15, 0.2) is 0 Å². The van der Waals surface area contributed by atoms with Crippen LogP contribution in [0, 0.1) is 0 Å². The number of hydrogen-bond donors (Lipinski definition) is 2. The van der Waals surface area contributed by atoms with Crippen molar-refractivity contribution in [3.8, 4) is 5.75 Å². The Morgan fingerprint density at radius 3 is 2.84 bits per heavy atom. The molecule has 98 valence electrons. The molecule has 1 aliphatic rings. The molecular weight excluding hydrogens is 240 g/mol. The Morgan fingerprint density at radius 2 is 2.05 bits per heavy atom. The zero-order valence-corrected chi connectivity index (χ0v) is 10.8. The fourth-order valence-electron chi connectivity index (χ4n) is 2.54. The minimum atomic E-state index is -0.192. The van der Waals surface area contributed by atoms with Crippen molar-refractivity contribution in [1.29, 1.82) is 0 Å². The molecule has 0 aromatic heterocycles. The molecular formula is C15H16N2O2. The highest BCUT2D eigenvalue weighted by atomic mass is 16.5. The molecule has 1 saturated heterocycles. The highest BCUT2D eigenvalue weighted by molar-refractivity contribution is 5.89. The van der Waals surface area contributed by atoms with Gasteiger partial charge in [0, 0.05) is 18.5 Å². The van der Waals surface area contributed by atoms with E-state index >= 15 is 0 Å². The molecule has 1 fully saturated rings. The second-order valence-corrected chi connectivity index (χ2v) is 4.61. The summed E-state index contributed by atoms with van der Waals surface area (Å²) >= 11 is 0. The van der Waals surface area contributed by atoms with E-state index < -0.39 is 0 Å². The largest absolute Gasteiger partial charge is 0.496 e. The van der Waals surface area contributed by atoms with Crippen LogP contribution in [0.1, 0.15) is 18.2 Å². The molecule has 1 amide bonds. The Balaban J connectivity index is 2.16. The lowest BCUT2D eigenvalue weighted by Gasteiger charge is -2.27. The average Bonchev–Trinajstić information content (AvgIpc) is 2.46. The molecule has 0 bridgehead atoms. The first-order valence-electron chi connectivity index (χ1n) is 6.38. The van der Waals surface area contributed by atoms with Gasteiger partial charge in [0.1, 0.15) is 11.9 Å². The van der Waals surface area contributed by atoms with Crippen molar-refractivity contribution in [2.24, 2.45) is 0 Å². The number of ether oxygens (including phenoxy) is 1. The summed E-state index contributed by atoms with van der Waals surface area (Å²) < 4.78 is 5.45. The van der Waals surface area contributed by atoms with Gasteiger partial charge in [-0.2, -0.15) is 0 Å². The molecule has 0 aliphatic carbocycles. The van der Waals surface area contributed by atoms with Gasteiger partial charge < -0.3 is 10.1 Å². The summed E-state index contributed by atoms with van der Waals surface area (Å²) in [6.45, 7) is 0.683. The van der Waals surface area contributed by atoms with Crippen LogP contribution in [0.4, 0.5) is 0 Å². The molecule has 2 N–H and O–H groups in total. The number of fused-ring (bicyclic) bond motifs is 1. The lowest BCUT2D eigenvalue weighted by atomic mass is 10.00. The molecule has 0 spiro atoms. The number of methoxy groups -OCH3 is 1. The van der Waals surface area contributed by atoms with Crippen molar-refractivity contribution in [2.75, 3.05) is 13.7 Å². The minimum Gasteiger partial charge on any atom is -0.496 e. The standard InChI is InChI=1S/C15H16N2O2/c1-19-12-7-6-10-4-2-3-5-11(10)14(12)15-16-9-8-13(18)17-15/h2-7,15-16H,8-9H2,1H3,(H,17,18)/t15-/m1/s1. The van der Waals surface area contributed by atoms with E-state index in [1.165, 1.54) is 0 Å². The molecule has 4 heteroatoms. The van der Waals surface area contributed by atoms with Crippen molar-refractivity contribution in [3.63, 3.8) is 0 Å². The Hall–Kier alpha value is -2.07. The van der Waals surface area contributed by atoms with Crippen molar-refractivity contribution in [2.45, 2.75) is 12.6 Å². The maximum absolute atomic E-state index is 11.6. The van der Waals surface area contributed by atoms with Gasteiger partial charge in [-0.05, 0) is 16.8 Å². The molecule has 3 rings (SSSR count). The van der Waals surface area contributed by atoms with Gasteiger partial charge in [-0.1, -0.05) is 30.3 Å². The first-order valence-corrected chi connectivity index (χ1v) is 6.38. The molecule has 2 aromatic carbocycles. The van der Waals surface area contributed by atoms with Gasteiger partial charge >= 0.3 is 0 Å². The van der Waals surface area contributed by atoms with Gasteiger partial charge in [0.05, 0.1) is 7.11 Å². The Labute approximate surface area is 111 Å². The van der Waals surface area contributed by atoms with Gasteiger partial charge in [-0.25, -0.2) is 0 Å². The van der Waals surface area contributed by atoms with Crippen LogP contribution >= 0.6 is 0 Å². The minimum absolute atomic E-state index is 0.0683. The number of benzene rings is 2. The summed E-state index contributed by atoms with van der Waals surface area (Å²) in [4.78, 5) is 11.6. The van der Waals surface area contributed by atoms with Crippen LogP contribution in [0.25, 0.3) is 10.8 Å². The Kier molecular flexibility index (Phi) is 3.09. The van der Waals surface area contributed by atoms with Gasteiger partial charge in [0.2, 0.25) is 5.91 Å². The summed E-state index contributed by atoms with van der Waals surface area (Å²) in [6.07, 6.45) is 0.325. The van der Waals surface area contributed by atoms with E-state index in [9.17, 15) is 4.79 Å². The van der Waals surface area contributed by atoms with Crippen LogP contribution in [0.2, 0.25) is 0 Å². The summed E-state index contributed by atoms with van der Waals surface area (Å²) in [5, 5.41) is 8.53. The van der Waals surface area contributed by atoms with Crippen molar-refractivity contribution >= 4 is 16.7 Å². The van der Waals surface area contributed by atoms with Crippen LogP contribution in [0.5, 0.6) is 5.75 Å². The average molecular weight is 256 g/mol.